The molecular weight excluding hydrogens is 294 g/mol. The molecule has 1 aromatic rings. The standard InChI is InChI=1S/C11H21N.C7H8O2S/c1-4-6-10-7-5-8-11(2,9-10)12-3;8-6-9-4-3-7-2-1-5-10-7/h5,8,10,12H,4,6-7,9H2,1-3H3;1-2,5-6H,3-4H2. The zero-order valence-electron chi connectivity index (χ0n) is 14.0. The molecule has 1 aliphatic rings. The van der Waals surface area contributed by atoms with Crippen LogP contribution in [0.25, 0.3) is 0 Å². The van der Waals surface area contributed by atoms with Crippen molar-refractivity contribution in [2.24, 2.45) is 5.92 Å². The van der Waals surface area contributed by atoms with Crippen molar-refractivity contribution in [3.63, 3.8) is 0 Å². The third-order valence-corrected chi connectivity index (χ3v) is 4.99. The van der Waals surface area contributed by atoms with Gasteiger partial charge in [-0.15, -0.1) is 11.3 Å². The Bertz CT molecular complexity index is 430. The minimum atomic E-state index is 0.262. The summed E-state index contributed by atoms with van der Waals surface area (Å²) in [5, 5.41) is 5.39. The highest BCUT2D eigenvalue weighted by Crippen LogP contribution is 2.29. The molecule has 2 rings (SSSR count). The van der Waals surface area contributed by atoms with E-state index < -0.39 is 0 Å². The van der Waals surface area contributed by atoms with Crippen molar-refractivity contribution in [2.45, 2.75) is 51.5 Å². The summed E-state index contributed by atoms with van der Waals surface area (Å²) in [7, 11) is 2.05. The number of likely N-dealkylation sites (N-methyl/N-ethyl adjacent to an activating group) is 1. The van der Waals surface area contributed by atoms with Gasteiger partial charge in [0.25, 0.3) is 6.47 Å². The second-order valence-electron chi connectivity index (χ2n) is 5.96. The van der Waals surface area contributed by atoms with E-state index >= 15 is 0 Å². The lowest BCUT2D eigenvalue weighted by molar-refractivity contribution is -0.128. The Morgan fingerprint density at radius 2 is 2.36 bits per heavy atom. The van der Waals surface area contributed by atoms with Gasteiger partial charge in [0.15, 0.2) is 0 Å². The number of carbonyl (C=O) groups excluding carboxylic acids is 1. The van der Waals surface area contributed by atoms with E-state index in [4.69, 9.17) is 0 Å². The van der Waals surface area contributed by atoms with Crippen LogP contribution in [-0.2, 0) is 16.0 Å². The number of thiophene rings is 1. The van der Waals surface area contributed by atoms with Gasteiger partial charge in [0.2, 0.25) is 0 Å². The largest absolute Gasteiger partial charge is 0.468 e. The van der Waals surface area contributed by atoms with E-state index in [9.17, 15) is 4.79 Å². The highest BCUT2D eigenvalue weighted by atomic mass is 32.1. The molecule has 1 aromatic heterocycles. The van der Waals surface area contributed by atoms with E-state index in [1.165, 1.54) is 30.6 Å². The summed E-state index contributed by atoms with van der Waals surface area (Å²) in [6, 6.07) is 4.01. The van der Waals surface area contributed by atoms with E-state index in [1.807, 2.05) is 17.5 Å². The minimum Gasteiger partial charge on any atom is -0.468 e. The summed E-state index contributed by atoms with van der Waals surface area (Å²) in [6.07, 6.45) is 10.8. The molecule has 1 aliphatic carbocycles. The Morgan fingerprint density at radius 3 is 2.95 bits per heavy atom. The van der Waals surface area contributed by atoms with Crippen LogP contribution in [0.1, 0.15) is 44.4 Å². The van der Waals surface area contributed by atoms with Crippen LogP contribution in [0.5, 0.6) is 0 Å². The maximum absolute atomic E-state index is 9.71. The molecule has 1 heterocycles. The maximum atomic E-state index is 9.71. The fourth-order valence-electron chi connectivity index (χ4n) is 2.75. The first-order valence-corrected chi connectivity index (χ1v) is 8.95. The minimum absolute atomic E-state index is 0.262. The van der Waals surface area contributed by atoms with Crippen LogP contribution < -0.4 is 5.32 Å². The summed E-state index contributed by atoms with van der Waals surface area (Å²) in [4.78, 5) is 11.0. The Labute approximate surface area is 138 Å². The molecule has 3 nitrogen and oxygen atoms in total. The van der Waals surface area contributed by atoms with Crippen LogP contribution in [-0.4, -0.2) is 25.7 Å². The maximum Gasteiger partial charge on any atom is 0.293 e. The van der Waals surface area contributed by atoms with Gasteiger partial charge >= 0.3 is 0 Å². The van der Waals surface area contributed by atoms with Crippen LogP contribution in [0.15, 0.2) is 29.7 Å². The highest BCUT2D eigenvalue weighted by Gasteiger charge is 2.25. The molecule has 0 radical (unpaired) electrons. The molecule has 1 N–H and O–H groups in total. The first-order valence-electron chi connectivity index (χ1n) is 8.07. The van der Waals surface area contributed by atoms with Crippen molar-refractivity contribution in [2.75, 3.05) is 13.7 Å². The Balaban J connectivity index is 0.000000224. The number of allylic oxidation sites excluding steroid dienone is 1. The summed E-state index contributed by atoms with van der Waals surface area (Å²) >= 11 is 1.68. The number of ether oxygens (including phenoxy) is 1. The fourth-order valence-corrected chi connectivity index (χ4v) is 3.44. The Hall–Kier alpha value is -1.13. The van der Waals surface area contributed by atoms with Gasteiger partial charge in [0.05, 0.1) is 6.61 Å². The number of rotatable bonds is 7. The van der Waals surface area contributed by atoms with E-state index in [1.54, 1.807) is 11.3 Å². The van der Waals surface area contributed by atoms with Crippen molar-refractivity contribution in [1.29, 1.82) is 0 Å². The Kier molecular flexibility index (Phi) is 9.09. The van der Waals surface area contributed by atoms with E-state index in [0.717, 1.165) is 12.3 Å². The molecule has 0 aromatic carbocycles. The molecule has 22 heavy (non-hydrogen) atoms. The zero-order valence-corrected chi connectivity index (χ0v) is 14.8. The van der Waals surface area contributed by atoms with Gasteiger partial charge in [0, 0.05) is 16.8 Å². The van der Waals surface area contributed by atoms with Gasteiger partial charge in [-0.1, -0.05) is 38.0 Å². The molecule has 124 valence electrons. The van der Waals surface area contributed by atoms with Crippen molar-refractivity contribution in [1.82, 2.24) is 5.32 Å². The molecule has 0 fully saturated rings. The van der Waals surface area contributed by atoms with Crippen LogP contribution in [0.2, 0.25) is 0 Å². The number of hydrogen-bond donors (Lipinski definition) is 1. The third-order valence-electron chi connectivity index (χ3n) is 4.05. The third kappa shape index (κ3) is 7.23. The predicted molar refractivity (Wildman–Crippen MR) is 94.3 cm³/mol. The van der Waals surface area contributed by atoms with E-state index in [0.29, 0.717) is 13.1 Å². The summed E-state index contributed by atoms with van der Waals surface area (Å²) in [5.41, 5.74) is 0.262. The fraction of sp³-hybridized carbons (Fsp3) is 0.611. The number of carbonyl (C=O) groups is 1. The van der Waals surface area contributed by atoms with Crippen molar-refractivity contribution < 1.29 is 9.53 Å². The summed E-state index contributed by atoms with van der Waals surface area (Å²) in [6.45, 7) is 5.53. The van der Waals surface area contributed by atoms with Crippen LogP contribution in [0, 0.1) is 5.92 Å². The van der Waals surface area contributed by atoms with Crippen LogP contribution in [0.4, 0.5) is 0 Å². The molecule has 0 saturated carbocycles. The van der Waals surface area contributed by atoms with Gasteiger partial charge in [-0.25, -0.2) is 0 Å². The van der Waals surface area contributed by atoms with E-state index in [-0.39, 0.29) is 5.54 Å². The molecule has 0 spiro atoms. The van der Waals surface area contributed by atoms with Crippen LogP contribution in [0.3, 0.4) is 0 Å². The second kappa shape index (κ2) is 10.6. The first-order chi connectivity index (χ1) is 10.6. The number of nitrogens with one attached hydrogen (secondary N) is 1. The average molecular weight is 324 g/mol. The normalized spacial score (nSPS) is 23.5. The highest BCUT2D eigenvalue weighted by molar-refractivity contribution is 7.09. The second-order valence-corrected chi connectivity index (χ2v) is 6.99. The van der Waals surface area contributed by atoms with Gasteiger partial charge in [0.1, 0.15) is 0 Å². The van der Waals surface area contributed by atoms with Gasteiger partial charge in [-0.2, -0.15) is 0 Å². The molecule has 0 saturated heterocycles. The van der Waals surface area contributed by atoms with Gasteiger partial charge in [-0.05, 0) is 44.2 Å². The van der Waals surface area contributed by atoms with Gasteiger partial charge in [-0.3, -0.25) is 4.79 Å². The van der Waals surface area contributed by atoms with Crippen molar-refractivity contribution in [3.8, 4) is 0 Å². The molecule has 2 unspecified atom stereocenters. The topological polar surface area (TPSA) is 38.3 Å². The average Bonchev–Trinajstić information content (AvgIpc) is 3.02. The van der Waals surface area contributed by atoms with Crippen molar-refractivity contribution in [3.05, 3.63) is 34.5 Å². The summed E-state index contributed by atoms with van der Waals surface area (Å²) < 4.78 is 4.53. The molecular formula is C18H29NO2S. The smallest absolute Gasteiger partial charge is 0.293 e. The van der Waals surface area contributed by atoms with Crippen LogP contribution >= 0.6 is 11.3 Å². The predicted octanol–water partition coefficient (Wildman–Crippen LogP) is 4.19. The monoisotopic (exact) mass is 323 g/mol. The number of hydrogen-bond acceptors (Lipinski definition) is 4. The molecule has 0 amide bonds. The summed E-state index contributed by atoms with van der Waals surface area (Å²) in [5.74, 6) is 0.900. The lowest BCUT2D eigenvalue weighted by Crippen LogP contribution is -2.41. The zero-order chi connectivity index (χ0) is 16.3. The van der Waals surface area contributed by atoms with E-state index in [2.05, 4.69) is 43.1 Å². The van der Waals surface area contributed by atoms with Crippen molar-refractivity contribution >= 4 is 17.8 Å². The molecule has 0 bridgehead atoms. The molecule has 0 aliphatic heterocycles. The SMILES string of the molecule is CCCC1CC=CC(C)(NC)C1.O=COCCc1cccs1. The van der Waals surface area contributed by atoms with Gasteiger partial charge < -0.3 is 10.1 Å². The lowest BCUT2D eigenvalue weighted by atomic mass is 9.80. The Morgan fingerprint density at radius 1 is 1.55 bits per heavy atom. The quantitative estimate of drug-likeness (QED) is 0.464. The molecule has 4 heteroatoms. The lowest BCUT2D eigenvalue weighted by Gasteiger charge is -2.33. The first kappa shape index (κ1) is 18.9. The molecule has 2 atom stereocenters.